The first-order valence-electron chi connectivity index (χ1n) is 5.42. The summed E-state index contributed by atoms with van der Waals surface area (Å²) in [6, 6.07) is 1.26. The van der Waals surface area contributed by atoms with Gasteiger partial charge >= 0.3 is 12.1 Å². The predicted octanol–water partition coefficient (Wildman–Crippen LogP) is 2.09. The molecular formula is C11H12F3NO4S. The van der Waals surface area contributed by atoms with E-state index >= 15 is 0 Å². The van der Waals surface area contributed by atoms with E-state index in [0.717, 1.165) is 6.07 Å². The van der Waals surface area contributed by atoms with Gasteiger partial charge in [-0.2, -0.15) is 13.2 Å². The number of carboxylic acid groups (broad SMARTS) is 1. The molecule has 0 amide bonds. The quantitative estimate of drug-likeness (QED) is 0.892. The highest BCUT2D eigenvalue weighted by molar-refractivity contribution is 7.89. The van der Waals surface area contributed by atoms with Crippen LogP contribution in [-0.2, 0) is 16.2 Å². The van der Waals surface area contributed by atoms with Gasteiger partial charge in [-0.1, -0.05) is 0 Å². The number of hydrogen-bond donors (Lipinski definition) is 2. The Hall–Kier alpha value is -1.61. The van der Waals surface area contributed by atoms with Gasteiger partial charge in [-0.05, 0) is 32.0 Å². The number of rotatable bonds is 4. The molecule has 2 N–H and O–H groups in total. The number of carbonyl (C=O) groups is 1. The van der Waals surface area contributed by atoms with Crippen molar-refractivity contribution in [3.8, 4) is 0 Å². The summed E-state index contributed by atoms with van der Waals surface area (Å²) in [6.45, 7) is 3.02. The lowest BCUT2D eigenvalue weighted by Gasteiger charge is -2.14. The minimum Gasteiger partial charge on any atom is -0.478 e. The van der Waals surface area contributed by atoms with Crippen molar-refractivity contribution in [1.82, 2.24) is 4.72 Å². The minimum atomic E-state index is -4.96. The van der Waals surface area contributed by atoms with Gasteiger partial charge in [0.15, 0.2) is 0 Å². The average Bonchev–Trinajstić information content (AvgIpc) is 2.25. The highest BCUT2D eigenvalue weighted by Crippen LogP contribution is 2.33. The largest absolute Gasteiger partial charge is 0.478 e. The van der Waals surface area contributed by atoms with Crippen molar-refractivity contribution in [2.45, 2.75) is 31.0 Å². The van der Waals surface area contributed by atoms with Crippen molar-refractivity contribution >= 4 is 16.0 Å². The third kappa shape index (κ3) is 3.70. The number of halogens is 3. The van der Waals surface area contributed by atoms with Crippen LogP contribution >= 0.6 is 0 Å². The SMILES string of the molecule is CC(C)NS(=O)(=O)c1ccc(C(=O)O)c(C(F)(F)F)c1. The van der Waals surface area contributed by atoms with E-state index in [4.69, 9.17) is 5.11 Å². The number of carboxylic acids is 1. The van der Waals surface area contributed by atoms with Gasteiger partial charge in [-0.25, -0.2) is 17.9 Å². The molecule has 0 aliphatic heterocycles. The third-order valence-corrected chi connectivity index (χ3v) is 3.88. The Labute approximate surface area is 113 Å². The summed E-state index contributed by atoms with van der Waals surface area (Å²) < 4.78 is 64.0. The molecule has 0 fully saturated rings. The molecule has 0 aromatic heterocycles. The maximum atomic E-state index is 12.8. The van der Waals surface area contributed by atoms with Crippen molar-refractivity contribution in [2.24, 2.45) is 0 Å². The highest BCUT2D eigenvalue weighted by atomic mass is 32.2. The molecule has 0 atom stereocenters. The van der Waals surface area contributed by atoms with Gasteiger partial charge in [-0.3, -0.25) is 0 Å². The van der Waals surface area contributed by atoms with Crippen LogP contribution in [0, 0.1) is 0 Å². The molecule has 5 nitrogen and oxygen atoms in total. The zero-order valence-corrected chi connectivity index (χ0v) is 11.3. The second kappa shape index (κ2) is 5.41. The Morgan fingerprint density at radius 1 is 1.30 bits per heavy atom. The smallest absolute Gasteiger partial charge is 0.417 e. The molecule has 0 aliphatic rings. The highest BCUT2D eigenvalue weighted by Gasteiger charge is 2.36. The first-order valence-corrected chi connectivity index (χ1v) is 6.90. The lowest BCUT2D eigenvalue weighted by molar-refractivity contribution is -0.138. The maximum absolute atomic E-state index is 12.8. The zero-order valence-electron chi connectivity index (χ0n) is 10.5. The van der Waals surface area contributed by atoms with Gasteiger partial charge in [-0.15, -0.1) is 0 Å². The third-order valence-electron chi connectivity index (χ3n) is 2.23. The standard InChI is InChI=1S/C11H12F3NO4S/c1-6(2)15-20(18,19)7-3-4-8(10(16)17)9(5-7)11(12,13)14/h3-6,15H,1-2H3,(H,16,17). The number of alkyl halides is 3. The van der Waals surface area contributed by atoms with E-state index in [2.05, 4.69) is 4.72 Å². The van der Waals surface area contributed by atoms with Crippen molar-refractivity contribution in [1.29, 1.82) is 0 Å². The number of nitrogens with one attached hydrogen (secondary N) is 1. The summed E-state index contributed by atoms with van der Waals surface area (Å²) in [5.41, 5.74) is -2.50. The topological polar surface area (TPSA) is 83.5 Å². The van der Waals surface area contributed by atoms with E-state index in [1.54, 1.807) is 0 Å². The minimum absolute atomic E-state index is 0.314. The lowest BCUT2D eigenvalue weighted by atomic mass is 10.1. The number of hydrogen-bond acceptors (Lipinski definition) is 3. The van der Waals surface area contributed by atoms with Gasteiger partial charge in [0.05, 0.1) is 16.0 Å². The van der Waals surface area contributed by atoms with Gasteiger partial charge in [0.2, 0.25) is 10.0 Å². The lowest BCUT2D eigenvalue weighted by Crippen LogP contribution is -2.30. The van der Waals surface area contributed by atoms with E-state index in [1.165, 1.54) is 13.8 Å². The molecule has 20 heavy (non-hydrogen) atoms. The van der Waals surface area contributed by atoms with Crippen LogP contribution < -0.4 is 4.72 Å². The van der Waals surface area contributed by atoms with Crippen molar-refractivity contribution in [3.05, 3.63) is 29.3 Å². The molecule has 112 valence electrons. The first kappa shape index (κ1) is 16.4. The second-order valence-corrected chi connectivity index (χ2v) is 6.00. The molecule has 1 aromatic carbocycles. The summed E-state index contributed by atoms with van der Waals surface area (Å²) in [5, 5.41) is 8.70. The van der Waals surface area contributed by atoms with Crippen LogP contribution in [-0.4, -0.2) is 25.5 Å². The van der Waals surface area contributed by atoms with E-state index in [9.17, 15) is 26.4 Å². The van der Waals surface area contributed by atoms with Crippen LogP contribution in [0.15, 0.2) is 23.1 Å². The second-order valence-electron chi connectivity index (χ2n) is 4.29. The summed E-state index contributed by atoms with van der Waals surface area (Å²) in [4.78, 5) is 10.1. The molecule has 0 saturated heterocycles. The fraction of sp³-hybridized carbons (Fsp3) is 0.364. The van der Waals surface area contributed by atoms with Crippen LogP contribution in [0.2, 0.25) is 0 Å². The van der Waals surface area contributed by atoms with Crippen LogP contribution in [0.5, 0.6) is 0 Å². The van der Waals surface area contributed by atoms with Gasteiger partial charge in [0, 0.05) is 6.04 Å². The Bertz CT molecular complexity index is 623. The maximum Gasteiger partial charge on any atom is 0.417 e. The Morgan fingerprint density at radius 3 is 2.25 bits per heavy atom. The first-order chi connectivity index (χ1) is 8.95. The van der Waals surface area contributed by atoms with Crippen LogP contribution in [0.1, 0.15) is 29.8 Å². The number of sulfonamides is 1. The van der Waals surface area contributed by atoms with Gasteiger partial charge < -0.3 is 5.11 Å². The zero-order chi connectivity index (χ0) is 15.7. The van der Waals surface area contributed by atoms with Crippen molar-refractivity contribution < 1.29 is 31.5 Å². The molecule has 0 saturated carbocycles. The molecule has 0 aliphatic carbocycles. The summed E-state index contributed by atoms with van der Waals surface area (Å²) in [5.74, 6) is -1.78. The van der Waals surface area contributed by atoms with Crippen molar-refractivity contribution in [2.75, 3.05) is 0 Å². The van der Waals surface area contributed by atoms with E-state index in [1.807, 2.05) is 0 Å². The van der Waals surface area contributed by atoms with Gasteiger partial charge in [0.1, 0.15) is 0 Å². The van der Waals surface area contributed by atoms with E-state index < -0.39 is 44.2 Å². The molecule has 0 bridgehead atoms. The fourth-order valence-electron chi connectivity index (χ4n) is 1.49. The van der Waals surface area contributed by atoms with Crippen LogP contribution in [0.4, 0.5) is 13.2 Å². The van der Waals surface area contributed by atoms with Crippen molar-refractivity contribution in [3.63, 3.8) is 0 Å². The average molecular weight is 311 g/mol. The van der Waals surface area contributed by atoms with E-state index in [-0.39, 0.29) is 0 Å². The molecule has 1 rings (SSSR count). The Kier molecular flexibility index (Phi) is 4.45. The molecule has 1 aromatic rings. The Balaban J connectivity index is 3.45. The number of benzene rings is 1. The van der Waals surface area contributed by atoms with Crippen LogP contribution in [0.3, 0.4) is 0 Å². The Morgan fingerprint density at radius 2 is 1.85 bits per heavy atom. The molecule has 0 spiro atoms. The normalized spacial score (nSPS) is 12.7. The summed E-state index contributed by atoms with van der Waals surface area (Å²) in [6.07, 6.45) is -4.96. The molecule has 9 heteroatoms. The molecular weight excluding hydrogens is 299 g/mol. The number of aromatic carboxylic acids is 1. The monoisotopic (exact) mass is 311 g/mol. The summed E-state index contributed by atoms with van der Waals surface area (Å²) in [7, 11) is -4.13. The van der Waals surface area contributed by atoms with E-state index in [0.29, 0.717) is 12.1 Å². The molecule has 0 heterocycles. The van der Waals surface area contributed by atoms with Crippen LogP contribution in [0.25, 0.3) is 0 Å². The molecule has 0 radical (unpaired) electrons. The predicted molar refractivity (Wildman–Crippen MR) is 63.9 cm³/mol. The summed E-state index contributed by atoms with van der Waals surface area (Å²) >= 11 is 0. The van der Waals surface area contributed by atoms with Gasteiger partial charge in [0.25, 0.3) is 0 Å². The molecule has 0 unspecified atom stereocenters. The fourth-order valence-corrected chi connectivity index (χ4v) is 2.77.